The number of aryl methyl sites for hydroxylation is 2. The molecule has 0 aliphatic carbocycles. The molecule has 0 unspecified atom stereocenters. The lowest BCUT2D eigenvalue weighted by Gasteiger charge is -2.05. The molecule has 4 rings (SSSR count). The van der Waals surface area contributed by atoms with E-state index in [4.69, 9.17) is 9.05 Å². The first kappa shape index (κ1) is 18.2. The van der Waals surface area contributed by atoms with Gasteiger partial charge in [-0.25, -0.2) is 0 Å². The summed E-state index contributed by atoms with van der Waals surface area (Å²) in [7, 11) is 0. The highest BCUT2D eigenvalue weighted by molar-refractivity contribution is 9.10. The molecule has 0 amide bonds. The fourth-order valence-electron chi connectivity index (χ4n) is 3.03. The van der Waals surface area contributed by atoms with E-state index in [-0.39, 0.29) is 0 Å². The van der Waals surface area contributed by atoms with Gasteiger partial charge in [0.15, 0.2) is 11.5 Å². The third-order valence-corrected chi connectivity index (χ3v) is 5.59. The van der Waals surface area contributed by atoms with Crippen LogP contribution in [0, 0.1) is 13.8 Å². The number of benzene rings is 2. The van der Waals surface area contributed by atoms with Crippen molar-refractivity contribution in [2.75, 3.05) is 0 Å². The van der Waals surface area contributed by atoms with Crippen LogP contribution in [-0.2, 0) is 6.42 Å². The SMILES string of the molecule is Cc1noc(-c2ccc(Br)cc2)c1Cc1c(C)noc1-c1ccc(Br)cc1. The largest absolute Gasteiger partial charge is 0.356 e. The van der Waals surface area contributed by atoms with E-state index in [2.05, 4.69) is 42.2 Å². The van der Waals surface area contributed by atoms with E-state index in [0.29, 0.717) is 6.42 Å². The van der Waals surface area contributed by atoms with Crippen molar-refractivity contribution in [2.45, 2.75) is 20.3 Å². The van der Waals surface area contributed by atoms with E-state index in [9.17, 15) is 0 Å². The van der Waals surface area contributed by atoms with Gasteiger partial charge in [-0.3, -0.25) is 0 Å². The fraction of sp³-hybridized carbons (Fsp3) is 0.143. The Morgan fingerprint density at radius 2 is 1.04 bits per heavy atom. The molecule has 0 radical (unpaired) electrons. The van der Waals surface area contributed by atoms with Crippen LogP contribution in [0.25, 0.3) is 22.6 Å². The summed E-state index contributed by atoms with van der Waals surface area (Å²) in [6, 6.07) is 16.0. The Morgan fingerprint density at radius 3 is 1.41 bits per heavy atom. The van der Waals surface area contributed by atoms with Gasteiger partial charge in [0.05, 0.1) is 11.4 Å². The van der Waals surface area contributed by atoms with Crippen molar-refractivity contribution in [3.8, 4) is 22.6 Å². The Balaban J connectivity index is 1.76. The molecule has 0 aliphatic rings. The second kappa shape index (κ2) is 7.44. The molecule has 2 aromatic carbocycles. The first-order valence-corrected chi connectivity index (χ1v) is 10.0. The molecule has 0 N–H and O–H groups in total. The maximum atomic E-state index is 5.65. The van der Waals surface area contributed by atoms with Gasteiger partial charge in [0.1, 0.15) is 0 Å². The summed E-state index contributed by atoms with van der Waals surface area (Å²) in [4.78, 5) is 0. The van der Waals surface area contributed by atoms with Crippen molar-refractivity contribution in [2.24, 2.45) is 0 Å². The maximum absolute atomic E-state index is 5.65. The van der Waals surface area contributed by atoms with Crippen LogP contribution in [0.4, 0.5) is 0 Å². The zero-order valence-corrected chi connectivity index (χ0v) is 18.0. The third-order valence-electron chi connectivity index (χ3n) is 4.54. The Morgan fingerprint density at radius 1 is 0.667 bits per heavy atom. The van der Waals surface area contributed by atoms with Crippen molar-refractivity contribution in [1.82, 2.24) is 10.3 Å². The predicted molar refractivity (Wildman–Crippen MR) is 112 cm³/mol. The second-order valence-electron chi connectivity index (χ2n) is 6.34. The lowest BCUT2D eigenvalue weighted by atomic mass is 9.97. The van der Waals surface area contributed by atoms with Crippen molar-refractivity contribution >= 4 is 31.9 Å². The van der Waals surface area contributed by atoms with E-state index in [0.717, 1.165) is 54.1 Å². The molecular weight excluding hydrogens is 472 g/mol. The summed E-state index contributed by atoms with van der Waals surface area (Å²) >= 11 is 6.94. The third kappa shape index (κ3) is 3.64. The van der Waals surface area contributed by atoms with Gasteiger partial charge in [-0.2, -0.15) is 0 Å². The topological polar surface area (TPSA) is 52.1 Å². The predicted octanol–water partition coefficient (Wildman–Crippen LogP) is 6.73. The van der Waals surface area contributed by atoms with Crippen LogP contribution in [-0.4, -0.2) is 10.3 Å². The van der Waals surface area contributed by atoms with E-state index in [1.54, 1.807) is 0 Å². The highest BCUT2D eigenvalue weighted by atomic mass is 79.9. The molecular formula is C21H16Br2N2O2. The summed E-state index contributed by atoms with van der Waals surface area (Å²) in [5, 5.41) is 8.39. The van der Waals surface area contributed by atoms with E-state index < -0.39 is 0 Å². The average Bonchev–Trinajstić information content (AvgIpc) is 3.21. The molecule has 2 aromatic heterocycles. The number of halogens is 2. The monoisotopic (exact) mass is 486 g/mol. The van der Waals surface area contributed by atoms with Crippen LogP contribution in [0.5, 0.6) is 0 Å². The Bertz CT molecular complexity index is 993. The first-order chi connectivity index (χ1) is 13.0. The van der Waals surface area contributed by atoms with Gasteiger partial charge in [-0.05, 0) is 38.1 Å². The van der Waals surface area contributed by atoms with Crippen LogP contribution in [0.15, 0.2) is 66.5 Å². The summed E-state index contributed by atoms with van der Waals surface area (Å²) in [5.41, 5.74) is 5.82. The summed E-state index contributed by atoms with van der Waals surface area (Å²) in [6.07, 6.45) is 0.640. The quantitative estimate of drug-likeness (QED) is 0.320. The molecule has 0 atom stereocenters. The summed E-state index contributed by atoms with van der Waals surface area (Å²) in [6.45, 7) is 3.92. The van der Waals surface area contributed by atoms with Crippen LogP contribution in [0.3, 0.4) is 0 Å². The molecule has 0 saturated heterocycles. The van der Waals surface area contributed by atoms with E-state index in [1.165, 1.54) is 0 Å². The van der Waals surface area contributed by atoms with Gasteiger partial charge < -0.3 is 9.05 Å². The van der Waals surface area contributed by atoms with Crippen molar-refractivity contribution < 1.29 is 9.05 Å². The van der Waals surface area contributed by atoms with Gasteiger partial charge in [-0.15, -0.1) is 0 Å². The standard InChI is InChI=1S/C21H16Br2N2O2/c1-12-18(20(26-24-12)14-3-7-16(22)8-4-14)11-19-13(2)25-27-21(19)15-5-9-17(23)10-6-15/h3-10H,11H2,1-2H3. The van der Waals surface area contributed by atoms with Gasteiger partial charge in [0.25, 0.3) is 0 Å². The smallest absolute Gasteiger partial charge is 0.170 e. The van der Waals surface area contributed by atoms with Crippen LogP contribution in [0.2, 0.25) is 0 Å². The Hall–Kier alpha value is -2.18. The molecule has 0 bridgehead atoms. The number of rotatable bonds is 4. The molecule has 27 heavy (non-hydrogen) atoms. The van der Waals surface area contributed by atoms with Crippen LogP contribution >= 0.6 is 31.9 Å². The van der Waals surface area contributed by atoms with Gasteiger partial charge in [0.2, 0.25) is 0 Å². The minimum atomic E-state index is 0.640. The maximum Gasteiger partial charge on any atom is 0.170 e. The lowest BCUT2D eigenvalue weighted by molar-refractivity contribution is 0.426. The van der Waals surface area contributed by atoms with Crippen molar-refractivity contribution in [1.29, 1.82) is 0 Å². The molecule has 2 heterocycles. The van der Waals surface area contributed by atoms with E-state index in [1.807, 2.05) is 62.4 Å². The number of hydrogen-bond acceptors (Lipinski definition) is 4. The number of aromatic nitrogens is 2. The molecule has 4 aromatic rings. The minimum absolute atomic E-state index is 0.640. The Labute approximate surface area is 173 Å². The zero-order chi connectivity index (χ0) is 19.0. The lowest BCUT2D eigenvalue weighted by Crippen LogP contribution is -1.95. The van der Waals surface area contributed by atoms with Crippen molar-refractivity contribution in [3.05, 3.63) is 80.0 Å². The molecule has 4 nitrogen and oxygen atoms in total. The first-order valence-electron chi connectivity index (χ1n) is 8.45. The normalized spacial score (nSPS) is 11.1. The van der Waals surface area contributed by atoms with Gasteiger partial charge >= 0.3 is 0 Å². The molecule has 6 heteroatoms. The van der Waals surface area contributed by atoms with Crippen LogP contribution < -0.4 is 0 Å². The van der Waals surface area contributed by atoms with Crippen LogP contribution in [0.1, 0.15) is 22.5 Å². The van der Waals surface area contributed by atoms with Gasteiger partial charge in [-0.1, -0.05) is 66.4 Å². The summed E-state index contributed by atoms with van der Waals surface area (Å²) < 4.78 is 13.3. The number of nitrogens with zero attached hydrogens (tertiary/aromatic N) is 2. The highest BCUT2D eigenvalue weighted by Gasteiger charge is 2.21. The zero-order valence-electron chi connectivity index (χ0n) is 14.8. The van der Waals surface area contributed by atoms with Crippen molar-refractivity contribution in [3.63, 3.8) is 0 Å². The summed E-state index contributed by atoms with van der Waals surface area (Å²) in [5.74, 6) is 1.56. The Kier molecular flexibility index (Phi) is 5.02. The number of hydrogen-bond donors (Lipinski definition) is 0. The fourth-order valence-corrected chi connectivity index (χ4v) is 3.56. The second-order valence-corrected chi connectivity index (χ2v) is 8.17. The average molecular weight is 488 g/mol. The highest BCUT2D eigenvalue weighted by Crippen LogP contribution is 2.34. The molecule has 0 spiro atoms. The molecule has 0 saturated carbocycles. The molecule has 0 fully saturated rings. The van der Waals surface area contributed by atoms with E-state index >= 15 is 0 Å². The minimum Gasteiger partial charge on any atom is -0.356 e. The molecule has 136 valence electrons. The van der Waals surface area contributed by atoms with Gasteiger partial charge in [0, 0.05) is 37.6 Å². The molecule has 0 aliphatic heterocycles.